The van der Waals surface area contributed by atoms with E-state index < -0.39 is 22.2 Å². The Labute approximate surface area is 187 Å². The van der Waals surface area contributed by atoms with E-state index in [1.165, 1.54) is 10.4 Å². The van der Waals surface area contributed by atoms with Gasteiger partial charge in [0.25, 0.3) is 5.91 Å². The smallest absolute Gasteiger partial charge is 0.265 e. The summed E-state index contributed by atoms with van der Waals surface area (Å²) >= 11 is 0. The zero-order chi connectivity index (χ0) is 22.6. The molecule has 1 fully saturated rings. The summed E-state index contributed by atoms with van der Waals surface area (Å²) in [5.41, 5.74) is 2.91. The number of para-hydroxylation sites is 1. The molecule has 0 aliphatic carbocycles. The third-order valence-corrected chi connectivity index (χ3v) is 8.49. The largest absolute Gasteiger partial charge is 0.479 e. The topological polar surface area (TPSA) is 96.0 Å². The van der Waals surface area contributed by atoms with Gasteiger partial charge < -0.3 is 15.0 Å². The molecule has 3 heterocycles. The van der Waals surface area contributed by atoms with E-state index >= 15 is 0 Å². The van der Waals surface area contributed by atoms with Crippen LogP contribution >= 0.6 is 0 Å². The van der Waals surface area contributed by atoms with Crippen LogP contribution in [0.2, 0.25) is 0 Å². The highest BCUT2D eigenvalue weighted by atomic mass is 32.2. The van der Waals surface area contributed by atoms with Crippen molar-refractivity contribution in [1.29, 1.82) is 0 Å². The summed E-state index contributed by atoms with van der Waals surface area (Å²) in [4.78, 5) is 27.1. The van der Waals surface area contributed by atoms with Crippen molar-refractivity contribution in [3.8, 4) is 5.75 Å². The summed E-state index contributed by atoms with van der Waals surface area (Å²) in [5.74, 6) is -0.135. The SMILES string of the molecule is Cc1cc2c(cc1S(=O)(=O)N1CCC[C@H]1C(=O)N1CCc3ccccc31)O[C@H](C)C(=O)N2. The molecule has 5 rings (SSSR count). The third-order valence-electron chi connectivity index (χ3n) is 6.44. The number of hydrogen-bond acceptors (Lipinski definition) is 5. The molecule has 0 saturated carbocycles. The number of nitrogens with one attached hydrogen (secondary N) is 1. The lowest BCUT2D eigenvalue weighted by molar-refractivity contribution is -0.123. The summed E-state index contributed by atoms with van der Waals surface area (Å²) in [6, 6.07) is 10.1. The number of nitrogens with zero attached hydrogens (tertiary/aromatic N) is 2. The number of anilines is 2. The molecule has 1 saturated heterocycles. The van der Waals surface area contributed by atoms with Gasteiger partial charge in [0.15, 0.2) is 6.10 Å². The molecular formula is C23H25N3O5S. The van der Waals surface area contributed by atoms with Crippen molar-refractivity contribution >= 4 is 33.2 Å². The Bertz CT molecular complexity index is 1230. The van der Waals surface area contributed by atoms with E-state index in [1.807, 2.05) is 24.3 Å². The summed E-state index contributed by atoms with van der Waals surface area (Å²) < 4.78 is 34.3. The van der Waals surface area contributed by atoms with Crippen molar-refractivity contribution in [2.24, 2.45) is 0 Å². The van der Waals surface area contributed by atoms with Crippen LogP contribution in [0.4, 0.5) is 11.4 Å². The summed E-state index contributed by atoms with van der Waals surface area (Å²) in [6.07, 6.45) is 1.17. The molecule has 0 bridgehead atoms. The number of carbonyl (C=O) groups excluding carboxylic acids is 2. The number of fused-ring (bicyclic) bond motifs is 2. The van der Waals surface area contributed by atoms with Crippen molar-refractivity contribution in [1.82, 2.24) is 4.31 Å². The molecule has 0 aromatic heterocycles. The first-order chi connectivity index (χ1) is 15.3. The van der Waals surface area contributed by atoms with Crippen LogP contribution in [-0.4, -0.2) is 49.8 Å². The summed E-state index contributed by atoms with van der Waals surface area (Å²) in [7, 11) is -3.94. The Kier molecular flexibility index (Phi) is 4.98. The summed E-state index contributed by atoms with van der Waals surface area (Å²) in [6.45, 7) is 4.14. The predicted octanol–water partition coefficient (Wildman–Crippen LogP) is 2.46. The number of ether oxygens (including phenoxy) is 1. The van der Waals surface area contributed by atoms with Gasteiger partial charge in [0.2, 0.25) is 15.9 Å². The van der Waals surface area contributed by atoms with Gasteiger partial charge in [-0.15, -0.1) is 0 Å². The second kappa shape index (κ2) is 7.60. The monoisotopic (exact) mass is 455 g/mol. The van der Waals surface area contributed by atoms with Gasteiger partial charge >= 0.3 is 0 Å². The molecule has 3 aliphatic rings. The van der Waals surface area contributed by atoms with Crippen LogP contribution in [0.1, 0.15) is 30.9 Å². The van der Waals surface area contributed by atoms with Crippen LogP contribution < -0.4 is 15.0 Å². The van der Waals surface area contributed by atoms with E-state index in [0.717, 1.165) is 17.7 Å². The quantitative estimate of drug-likeness (QED) is 0.767. The van der Waals surface area contributed by atoms with Crippen molar-refractivity contribution in [2.45, 2.75) is 50.2 Å². The van der Waals surface area contributed by atoms with Crippen LogP contribution in [0.3, 0.4) is 0 Å². The van der Waals surface area contributed by atoms with Gasteiger partial charge in [-0.3, -0.25) is 9.59 Å². The van der Waals surface area contributed by atoms with E-state index in [2.05, 4.69) is 5.32 Å². The zero-order valence-corrected chi connectivity index (χ0v) is 18.8. The van der Waals surface area contributed by atoms with Crippen molar-refractivity contribution in [3.63, 3.8) is 0 Å². The molecule has 168 valence electrons. The maximum atomic E-state index is 13.7. The molecule has 2 atom stereocenters. The minimum atomic E-state index is -3.94. The zero-order valence-electron chi connectivity index (χ0n) is 18.0. The summed E-state index contributed by atoms with van der Waals surface area (Å²) in [5, 5.41) is 2.74. The van der Waals surface area contributed by atoms with Gasteiger partial charge in [-0.2, -0.15) is 4.31 Å². The number of aryl methyl sites for hydroxylation is 1. The fraction of sp³-hybridized carbons (Fsp3) is 0.391. The van der Waals surface area contributed by atoms with Crippen molar-refractivity contribution in [2.75, 3.05) is 23.3 Å². The van der Waals surface area contributed by atoms with Crippen molar-refractivity contribution < 1.29 is 22.7 Å². The number of sulfonamides is 1. The van der Waals surface area contributed by atoms with Crippen LogP contribution in [-0.2, 0) is 26.0 Å². The van der Waals surface area contributed by atoms with Gasteiger partial charge in [-0.25, -0.2) is 8.42 Å². The predicted molar refractivity (Wildman–Crippen MR) is 119 cm³/mol. The fourth-order valence-electron chi connectivity index (χ4n) is 4.77. The fourth-order valence-corrected chi connectivity index (χ4v) is 6.64. The normalized spacial score (nSPS) is 22.8. The lowest BCUT2D eigenvalue weighted by Gasteiger charge is -2.29. The van der Waals surface area contributed by atoms with Crippen LogP contribution in [0.15, 0.2) is 41.3 Å². The van der Waals surface area contributed by atoms with E-state index in [1.54, 1.807) is 24.8 Å². The highest BCUT2D eigenvalue weighted by Gasteiger charge is 2.43. The van der Waals surface area contributed by atoms with Gasteiger partial charge in [-0.05, 0) is 56.4 Å². The van der Waals surface area contributed by atoms with E-state index in [0.29, 0.717) is 42.9 Å². The van der Waals surface area contributed by atoms with E-state index in [9.17, 15) is 18.0 Å². The molecule has 2 aromatic rings. The molecule has 2 amide bonds. The minimum absolute atomic E-state index is 0.0983. The molecule has 8 nitrogen and oxygen atoms in total. The maximum Gasteiger partial charge on any atom is 0.265 e. The van der Waals surface area contributed by atoms with Crippen LogP contribution in [0.25, 0.3) is 0 Å². The first-order valence-corrected chi connectivity index (χ1v) is 12.2. The molecular weight excluding hydrogens is 430 g/mol. The van der Waals surface area contributed by atoms with E-state index in [4.69, 9.17) is 4.74 Å². The number of carbonyl (C=O) groups is 2. The van der Waals surface area contributed by atoms with E-state index in [-0.39, 0.29) is 16.7 Å². The first kappa shape index (κ1) is 21.0. The molecule has 1 N–H and O–H groups in total. The Morgan fingerprint density at radius 3 is 2.78 bits per heavy atom. The van der Waals surface area contributed by atoms with Gasteiger partial charge in [0.1, 0.15) is 11.8 Å². The average Bonchev–Trinajstić information content (AvgIpc) is 3.42. The second-order valence-electron chi connectivity index (χ2n) is 8.51. The molecule has 0 spiro atoms. The van der Waals surface area contributed by atoms with Crippen LogP contribution in [0, 0.1) is 6.92 Å². The maximum absolute atomic E-state index is 13.7. The van der Waals surface area contributed by atoms with Crippen molar-refractivity contribution in [3.05, 3.63) is 47.5 Å². The van der Waals surface area contributed by atoms with Gasteiger partial charge in [-0.1, -0.05) is 18.2 Å². The average molecular weight is 456 g/mol. The first-order valence-electron chi connectivity index (χ1n) is 10.8. The number of rotatable bonds is 3. The molecule has 3 aliphatic heterocycles. The number of hydrogen-bond donors (Lipinski definition) is 1. The Morgan fingerprint density at radius 1 is 1.19 bits per heavy atom. The van der Waals surface area contributed by atoms with Gasteiger partial charge in [0.05, 0.1) is 10.6 Å². The molecule has 2 aromatic carbocycles. The Hall–Kier alpha value is -2.91. The second-order valence-corrected chi connectivity index (χ2v) is 10.4. The minimum Gasteiger partial charge on any atom is -0.479 e. The highest BCUT2D eigenvalue weighted by Crippen LogP contribution is 2.38. The molecule has 9 heteroatoms. The van der Waals surface area contributed by atoms with Gasteiger partial charge in [0, 0.05) is 24.8 Å². The number of benzene rings is 2. The molecule has 0 unspecified atom stereocenters. The Balaban J connectivity index is 1.47. The van der Waals surface area contributed by atoms with Crippen LogP contribution in [0.5, 0.6) is 5.75 Å². The number of amides is 2. The highest BCUT2D eigenvalue weighted by molar-refractivity contribution is 7.89. The lowest BCUT2D eigenvalue weighted by atomic mass is 10.1. The lowest BCUT2D eigenvalue weighted by Crippen LogP contribution is -2.47. The molecule has 32 heavy (non-hydrogen) atoms. The Morgan fingerprint density at radius 2 is 1.97 bits per heavy atom. The molecule has 0 radical (unpaired) electrons. The standard InChI is InChI=1S/C23H25N3O5S/c1-14-12-17-20(31-15(2)22(27)24-17)13-21(14)32(29,30)26-10-5-8-19(26)23(28)25-11-9-16-6-3-4-7-18(16)25/h3-4,6-7,12-13,15,19H,5,8-11H2,1-2H3,(H,24,27)/t15-,19+/m1/s1. The third kappa shape index (κ3) is 3.27.